The van der Waals surface area contributed by atoms with Gasteiger partial charge in [0.25, 0.3) is 0 Å². The second-order valence-electron chi connectivity index (χ2n) is 4.84. The van der Waals surface area contributed by atoms with Crippen molar-refractivity contribution in [2.75, 3.05) is 13.6 Å². The maximum absolute atomic E-state index is 11.9. The van der Waals surface area contributed by atoms with E-state index in [1.54, 1.807) is 13.1 Å². The van der Waals surface area contributed by atoms with Gasteiger partial charge in [0.05, 0.1) is 11.8 Å². The second-order valence-corrected chi connectivity index (χ2v) is 4.84. The van der Waals surface area contributed by atoms with Gasteiger partial charge in [0.2, 0.25) is 17.6 Å². The zero-order valence-electron chi connectivity index (χ0n) is 12.2. The van der Waals surface area contributed by atoms with Crippen molar-refractivity contribution in [1.82, 2.24) is 15.0 Å². The standard InChI is InChI=1S/C14H17N3O5/c1-17(7-2-3-13(19)20)12(18)5-4-11-15-14(16-22-11)10-6-8-21-9-10/h6,8-9H,2-5,7H2,1H3,(H,19,20). The molecule has 2 rings (SSSR count). The Morgan fingerprint density at radius 2 is 2.18 bits per heavy atom. The Kier molecular flexibility index (Phi) is 5.29. The van der Waals surface area contributed by atoms with Crippen molar-refractivity contribution < 1.29 is 23.6 Å². The number of nitrogens with zero attached hydrogens (tertiary/aromatic N) is 3. The van der Waals surface area contributed by atoms with Crippen molar-refractivity contribution >= 4 is 11.9 Å². The van der Waals surface area contributed by atoms with Crippen LogP contribution in [0.25, 0.3) is 11.4 Å². The number of carboxylic acids is 1. The molecule has 0 spiro atoms. The average molecular weight is 307 g/mol. The number of carbonyl (C=O) groups is 2. The zero-order chi connectivity index (χ0) is 15.9. The first-order chi connectivity index (χ1) is 10.6. The Labute approximate surface area is 126 Å². The predicted octanol–water partition coefficient (Wildman–Crippen LogP) is 1.59. The molecule has 1 amide bonds. The minimum absolute atomic E-state index is 0.0509. The van der Waals surface area contributed by atoms with Crippen molar-refractivity contribution in [3.8, 4) is 11.4 Å². The Morgan fingerprint density at radius 3 is 2.86 bits per heavy atom. The van der Waals surface area contributed by atoms with E-state index in [0.29, 0.717) is 36.7 Å². The predicted molar refractivity (Wildman–Crippen MR) is 74.8 cm³/mol. The van der Waals surface area contributed by atoms with Crippen LogP contribution in [0.1, 0.15) is 25.2 Å². The molecule has 2 heterocycles. The molecule has 0 aromatic carbocycles. The molecule has 0 aliphatic carbocycles. The van der Waals surface area contributed by atoms with Crippen LogP contribution in [0, 0.1) is 0 Å². The first kappa shape index (κ1) is 15.7. The van der Waals surface area contributed by atoms with Gasteiger partial charge in [-0.3, -0.25) is 9.59 Å². The molecule has 2 aromatic rings. The molecule has 1 N–H and O–H groups in total. The van der Waals surface area contributed by atoms with E-state index in [0.717, 1.165) is 0 Å². The van der Waals surface area contributed by atoms with E-state index in [-0.39, 0.29) is 18.7 Å². The average Bonchev–Trinajstić information content (AvgIpc) is 3.14. The summed E-state index contributed by atoms with van der Waals surface area (Å²) in [4.78, 5) is 28.0. The zero-order valence-corrected chi connectivity index (χ0v) is 12.2. The molecule has 118 valence electrons. The van der Waals surface area contributed by atoms with E-state index in [2.05, 4.69) is 10.1 Å². The van der Waals surface area contributed by atoms with Gasteiger partial charge in [0.15, 0.2) is 0 Å². The van der Waals surface area contributed by atoms with E-state index in [9.17, 15) is 9.59 Å². The fourth-order valence-electron chi connectivity index (χ4n) is 1.86. The van der Waals surface area contributed by atoms with Gasteiger partial charge in [-0.15, -0.1) is 0 Å². The van der Waals surface area contributed by atoms with Crippen LogP contribution in [0.4, 0.5) is 0 Å². The summed E-state index contributed by atoms with van der Waals surface area (Å²) in [6, 6.07) is 1.72. The first-order valence-electron chi connectivity index (χ1n) is 6.87. The van der Waals surface area contributed by atoms with Crippen molar-refractivity contribution in [1.29, 1.82) is 0 Å². The first-order valence-corrected chi connectivity index (χ1v) is 6.87. The SMILES string of the molecule is CN(CCCC(=O)O)C(=O)CCc1nc(-c2ccoc2)no1. The van der Waals surface area contributed by atoms with E-state index in [4.69, 9.17) is 14.0 Å². The number of aromatic nitrogens is 2. The molecule has 8 heteroatoms. The van der Waals surface area contributed by atoms with Crippen LogP contribution in [0.5, 0.6) is 0 Å². The number of carboxylic acid groups (broad SMARTS) is 1. The molecule has 0 saturated carbocycles. The van der Waals surface area contributed by atoms with Gasteiger partial charge in [-0.25, -0.2) is 0 Å². The van der Waals surface area contributed by atoms with Crippen LogP contribution in [0.3, 0.4) is 0 Å². The van der Waals surface area contributed by atoms with Crippen molar-refractivity contribution in [3.63, 3.8) is 0 Å². The molecule has 0 bridgehead atoms. The minimum Gasteiger partial charge on any atom is -0.481 e. The van der Waals surface area contributed by atoms with Crippen LogP contribution in [0.15, 0.2) is 27.5 Å². The molecule has 2 aromatic heterocycles. The number of rotatable bonds is 8. The third-order valence-electron chi connectivity index (χ3n) is 3.11. The number of aliphatic carboxylic acids is 1. The summed E-state index contributed by atoms with van der Waals surface area (Å²) in [5.41, 5.74) is 0.715. The topological polar surface area (TPSA) is 110 Å². The van der Waals surface area contributed by atoms with Gasteiger partial charge in [0, 0.05) is 32.9 Å². The second kappa shape index (κ2) is 7.39. The number of aryl methyl sites for hydroxylation is 1. The Hall–Kier alpha value is -2.64. The van der Waals surface area contributed by atoms with Gasteiger partial charge < -0.3 is 18.9 Å². The van der Waals surface area contributed by atoms with Crippen LogP contribution in [-0.2, 0) is 16.0 Å². The van der Waals surface area contributed by atoms with Gasteiger partial charge in [0.1, 0.15) is 6.26 Å². The summed E-state index contributed by atoms with van der Waals surface area (Å²) in [5.74, 6) is -0.151. The third kappa shape index (κ3) is 4.44. The number of hydrogen-bond donors (Lipinski definition) is 1. The molecular weight excluding hydrogens is 290 g/mol. The Balaban J connectivity index is 1.77. The van der Waals surface area contributed by atoms with E-state index in [1.807, 2.05) is 0 Å². The third-order valence-corrected chi connectivity index (χ3v) is 3.11. The molecule has 0 aliphatic rings. The summed E-state index contributed by atoms with van der Waals surface area (Å²) in [7, 11) is 1.65. The summed E-state index contributed by atoms with van der Waals surface area (Å²) >= 11 is 0. The van der Waals surface area contributed by atoms with Gasteiger partial charge in [-0.05, 0) is 12.5 Å². The lowest BCUT2D eigenvalue weighted by molar-refractivity contribution is -0.138. The Bertz CT molecular complexity index is 620. The highest BCUT2D eigenvalue weighted by Crippen LogP contribution is 2.16. The number of furan rings is 1. The van der Waals surface area contributed by atoms with Gasteiger partial charge >= 0.3 is 5.97 Å². The van der Waals surface area contributed by atoms with E-state index in [1.165, 1.54) is 17.4 Å². The molecule has 22 heavy (non-hydrogen) atoms. The summed E-state index contributed by atoms with van der Waals surface area (Å²) in [6.07, 6.45) is 4.08. The largest absolute Gasteiger partial charge is 0.481 e. The summed E-state index contributed by atoms with van der Waals surface area (Å²) in [6.45, 7) is 0.412. The molecular formula is C14H17N3O5. The smallest absolute Gasteiger partial charge is 0.303 e. The van der Waals surface area contributed by atoms with Gasteiger partial charge in [-0.2, -0.15) is 4.98 Å². The lowest BCUT2D eigenvalue weighted by Gasteiger charge is -2.15. The van der Waals surface area contributed by atoms with Crippen molar-refractivity contribution in [3.05, 3.63) is 24.5 Å². The molecule has 8 nitrogen and oxygen atoms in total. The quantitative estimate of drug-likeness (QED) is 0.788. The fourth-order valence-corrected chi connectivity index (χ4v) is 1.86. The highest BCUT2D eigenvalue weighted by molar-refractivity contribution is 5.76. The lowest BCUT2D eigenvalue weighted by atomic mass is 10.2. The van der Waals surface area contributed by atoms with Crippen molar-refractivity contribution in [2.45, 2.75) is 25.7 Å². The normalized spacial score (nSPS) is 10.6. The molecule has 0 aliphatic heterocycles. The summed E-state index contributed by atoms with van der Waals surface area (Å²) in [5, 5.41) is 12.4. The van der Waals surface area contributed by atoms with Crippen molar-refractivity contribution in [2.24, 2.45) is 0 Å². The number of amides is 1. The number of carbonyl (C=O) groups excluding carboxylic acids is 1. The highest BCUT2D eigenvalue weighted by atomic mass is 16.5. The molecule has 0 atom stereocenters. The molecule has 0 fully saturated rings. The maximum Gasteiger partial charge on any atom is 0.303 e. The highest BCUT2D eigenvalue weighted by Gasteiger charge is 2.13. The van der Waals surface area contributed by atoms with E-state index >= 15 is 0 Å². The summed E-state index contributed by atoms with van der Waals surface area (Å²) < 4.78 is 10.0. The van der Waals surface area contributed by atoms with Crippen LogP contribution >= 0.6 is 0 Å². The monoisotopic (exact) mass is 307 g/mol. The maximum atomic E-state index is 11.9. The Morgan fingerprint density at radius 1 is 1.36 bits per heavy atom. The molecule has 0 radical (unpaired) electrons. The lowest BCUT2D eigenvalue weighted by Crippen LogP contribution is -2.28. The molecule has 0 saturated heterocycles. The van der Waals surface area contributed by atoms with Crippen LogP contribution in [0.2, 0.25) is 0 Å². The minimum atomic E-state index is -0.863. The van der Waals surface area contributed by atoms with E-state index < -0.39 is 5.97 Å². The van der Waals surface area contributed by atoms with Gasteiger partial charge in [-0.1, -0.05) is 5.16 Å². The number of hydrogen-bond acceptors (Lipinski definition) is 6. The molecule has 0 unspecified atom stereocenters. The fraction of sp³-hybridized carbons (Fsp3) is 0.429. The van der Waals surface area contributed by atoms with Crippen LogP contribution in [-0.4, -0.2) is 45.6 Å². The van der Waals surface area contributed by atoms with Crippen LogP contribution < -0.4 is 0 Å².